The number of nitrogens with zero attached hydrogens (tertiary/aromatic N) is 2. The van der Waals surface area contributed by atoms with Crippen LogP contribution in [0.5, 0.6) is 5.75 Å². The molecule has 1 radical (unpaired) electrons. The Morgan fingerprint density at radius 3 is 2.90 bits per heavy atom. The normalized spacial score (nSPS) is 10.8. The molecule has 101 valence electrons. The summed E-state index contributed by atoms with van der Waals surface area (Å²) in [6.07, 6.45) is 5.03. The maximum atomic E-state index is 5.91. The van der Waals surface area contributed by atoms with Crippen molar-refractivity contribution < 1.29 is 4.74 Å². The molecule has 0 saturated heterocycles. The van der Waals surface area contributed by atoms with E-state index in [2.05, 4.69) is 46.7 Å². The first-order valence-corrected chi connectivity index (χ1v) is 6.84. The van der Waals surface area contributed by atoms with Crippen LogP contribution in [-0.2, 0) is 0 Å². The van der Waals surface area contributed by atoms with Gasteiger partial charge in [-0.25, -0.2) is 0 Å². The summed E-state index contributed by atoms with van der Waals surface area (Å²) in [5.41, 5.74) is 1.73. The van der Waals surface area contributed by atoms with E-state index in [1.165, 1.54) is 0 Å². The highest BCUT2D eigenvalue weighted by Crippen LogP contribution is 2.35. The third kappa shape index (κ3) is 2.37. The Kier molecular flexibility index (Phi) is 3.63. The molecular weight excluding hydrogens is 250 g/mol. The Hall–Kier alpha value is -2.36. The number of fused-ring (bicyclic) bond motifs is 1. The van der Waals surface area contributed by atoms with Crippen LogP contribution < -0.4 is 4.74 Å². The van der Waals surface area contributed by atoms with Crippen LogP contribution in [0.3, 0.4) is 0 Å². The first-order valence-electron chi connectivity index (χ1n) is 6.84. The summed E-state index contributed by atoms with van der Waals surface area (Å²) in [7, 11) is 0. The number of hydrogen-bond donors (Lipinski definition) is 1. The minimum atomic E-state index is 0.712. The zero-order valence-corrected chi connectivity index (χ0v) is 11.4. The Morgan fingerprint density at radius 2 is 2.10 bits per heavy atom. The molecule has 0 saturated carbocycles. The Morgan fingerprint density at radius 1 is 1.20 bits per heavy atom. The highest BCUT2D eigenvalue weighted by atomic mass is 16.5. The highest BCUT2D eigenvalue weighted by Gasteiger charge is 2.13. The van der Waals surface area contributed by atoms with E-state index >= 15 is 0 Å². The predicted molar refractivity (Wildman–Crippen MR) is 78.6 cm³/mol. The lowest BCUT2D eigenvalue weighted by Crippen LogP contribution is -1.99. The average molecular weight is 266 g/mol. The van der Waals surface area contributed by atoms with Crippen molar-refractivity contribution in [3.63, 3.8) is 0 Å². The van der Waals surface area contributed by atoms with E-state index < -0.39 is 0 Å². The zero-order valence-electron chi connectivity index (χ0n) is 11.4. The van der Waals surface area contributed by atoms with Crippen LogP contribution in [-0.4, -0.2) is 22.0 Å². The van der Waals surface area contributed by atoms with Crippen molar-refractivity contribution in [2.45, 2.75) is 19.8 Å². The number of ether oxygens (including phenoxy) is 1. The molecule has 20 heavy (non-hydrogen) atoms. The average Bonchev–Trinajstić information content (AvgIpc) is 3.01. The summed E-state index contributed by atoms with van der Waals surface area (Å²) in [6, 6.07) is 12.3. The van der Waals surface area contributed by atoms with Gasteiger partial charge in [0.15, 0.2) is 0 Å². The monoisotopic (exact) mass is 266 g/mol. The number of benzene rings is 2. The molecule has 0 spiro atoms. The molecule has 0 amide bonds. The van der Waals surface area contributed by atoms with Gasteiger partial charge >= 0.3 is 0 Å². The summed E-state index contributed by atoms with van der Waals surface area (Å²) in [6.45, 7) is 2.86. The van der Waals surface area contributed by atoms with Gasteiger partial charge in [0.05, 0.1) is 17.9 Å². The Balaban J connectivity index is 2.11. The van der Waals surface area contributed by atoms with Gasteiger partial charge in [-0.2, -0.15) is 0 Å². The molecule has 1 heterocycles. The molecule has 3 aromatic rings. The standard InChI is InChI=1S/C16H16N3O/c1-2-3-10-20-15-9-8-12-6-4-5-7-13(12)16(15)14-11-17-19-18-14/h4-9H,2-3,10H2,1H3,(H,17,18,19). The molecule has 0 fully saturated rings. The maximum Gasteiger partial charge on any atom is 0.143 e. The minimum absolute atomic E-state index is 0.712. The number of rotatable bonds is 5. The van der Waals surface area contributed by atoms with Crippen LogP contribution in [0.4, 0.5) is 0 Å². The molecule has 2 aromatic carbocycles. The summed E-state index contributed by atoms with van der Waals surface area (Å²) in [4.78, 5) is 0. The van der Waals surface area contributed by atoms with Gasteiger partial charge in [0, 0.05) is 0 Å². The lowest BCUT2D eigenvalue weighted by molar-refractivity contribution is 0.311. The van der Waals surface area contributed by atoms with Crippen LogP contribution in [0.15, 0.2) is 36.4 Å². The fourth-order valence-electron chi connectivity index (χ4n) is 2.24. The quantitative estimate of drug-likeness (QED) is 0.718. The molecule has 0 atom stereocenters. The van der Waals surface area contributed by atoms with Gasteiger partial charge in [-0.05, 0) is 23.3 Å². The molecule has 0 aliphatic heterocycles. The molecule has 0 unspecified atom stereocenters. The first-order chi connectivity index (χ1) is 9.90. The first kappa shape index (κ1) is 12.7. The van der Waals surface area contributed by atoms with Gasteiger partial charge in [0.2, 0.25) is 0 Å². The number of unbranched alkanes of at least 4 members (excludes halogenated alkanes) is 1. The van der Waals surface area contributed by atoms with Crippen molar-refractivity contribution in [2.75, 3.05) is 6.61 Å². The molecule has 3 rings (SSSR count). The minimum Gasteiger partial charge on any atom is -0.493 e. The fourth-order valence-corrected chi connectivity index (χ4v) is 2.24. The van der Waals surface area contributed by atoms with E-state index in [-0.39, 0.29) is 0 Å². The van der Waals surface area contributed by atoms with Gasteiger partial charge in [0.1, 0.15) is 11.9 Å². The van der Waals surface area contributed by atoms with E-state index in [4.69, 9.17) is 4.74 Å². The number of nitrogens with one attached hydrogen (secondary N) is 1. The van der Waals surface area contributed by atoms with Gasteiger partial charge in [0.25, 0.3) is 0 Å². The van der Waals surface area contributed by atoms with Crippen molar-refractivity contribution in [1.82, 2.24) is 15.4 Å². The van der Waals surface area contributed by atoms with Crippen molar-refractivity contribution in [2.24, 2.45) is 0 Å². The van der Waals surface area contributed by atoms with Crippen molar-refractivity contribution >= 4 is 10.8 Å². The van der Waals surface area contributed by atoms with Crippen LogP contribution >= 0.6 is 0 Å². The fraction of sp³-hybridized carbons (Fsp3) is 0.250. The number of aromatic amines is 1. The van der Waals surface area contributed by atoms with Crippen molar-refractivity contribution in [3.05, 3.63) is 42.6 Å². The zero-order chi connectivity index (χ0) is 13.8. The van der Waals surface area contributed by atoms with E-state index in [1.807, 2.05) is 18.2 Å². The summed E-state index contributed by atoms with van der Waals surface area (Å²) in [5.74, 6) is 0.847. The van der Waals surface area contributed by atoms with Gasteiger partial charge in [-0.15, -0.1) is 5.10 Å². The van der Waals surface area contributed by atoms with Crippen LogP contribution in [0.1, 0.15) is 19.8 Å². The van der Waals surface area contributed by atoms with E-state index in [9.17, 15) is 0 Å². The lowest BCUT2D eigenvalue weighted by Gasteiger charge is -2.12. The summed E-state index contributed by atoms with van der Waals surface area (Å²) < 4.78 is 5.91. The number of H-pyrrole nitrogens is 1. The Bertz CT molecular complexity index is 692. The van der Waals surface area contributed by atoms with Gasteiger partial charge < -0.3 is 4.74 Å². The van der Waals surface area contributed by atoms with Crippen molar-refractivity contribution in [3.8, 4) is 17.0 Å². The molecule has 4 nitrogen and oxygen atoms in total. The summed E-state index contributed by atoms with van der Waals surface area (Å²) in [5, 5.41) is 12.7. The van der Waals surface area contributed by atoms with E-state index in [1.54, 1.807) is 0 Å². The number of hydrogen-bond acceptors (Lipinski definition) is 3. The third-order valence-corrected chi connectivity index (χ3v) is 3.27. The van der Waals surface area contributed by atoms with E-state index in [0.717, 1.165) is 40.6 Å². The molecule has 1 aromatic heterocycles. The number of aromatic nitrogens is 3. The second kappa shape index (κ2) is 5.74. The molecule has 1 N–H and O–H groups in total. The second-order valence-electron chi connectivity index (χ2n) is 4.66. The Labute approximate surface area is 117 Å². The topological polar surface area (TPSA) is 50.8 Å². The second-order valence-corrected chi connectivity index (χ2v) is 4.66. The largest absolute Gasteiger partial charge is 0.493 e. The molecule has 4 heteroatoms. The van der Waals surface area contributed by atoms with Gasteiger partial charge in [-0.3, -0.25) is 5.10 Å². The van der Waals surface area contributed by atoms with Crippen LogP contribution in [0, 0.1) is 6.20 Å². The maximum absolute atomic E-state index is 5.91. The lowest BCUT2D eigenvalue weighted by atomic mass is 10.0. The van der Waals surface area contributed by atoms with Crippen LogP contribution in [0.25, 0.3) is 22.0 Å². The molecule has 0 aliphatic rings. The predicted octanol–water partition coefficient (Wildman–Crippen LogP) is 3.60. The molecule has 0 bridgehead atoms. The van der Waals surface area contributed by atoms with E-state index in [0.29, 0.717) is 6.61 Å². The highest BCUT2D eigenvalue weighted by molar-refractivity contribution is 5.98. The van der Waals surface area contributed by atoms with Crippen LogP contribution in [0.2, 0.25) is 0 Å². The van der Waals surface area contributed by atoms with Crippen molar-refractivity contribution in [1.29, 1.82) is 0 Å². The smallest absolute Gasteiger partial charge is 0.143 e. The van der Waals surface area contributed by atoms with Gasteiger partial charge in [-0.1, -0.05) is 48.9 Å². The molecule has 0 aliphatic carbocycles. The summed E-state index contributed by atoms with van der Waals surface area (Å²) >= 11 is 0. The third-order valence-electron chi connectivity index (χ3n) is 3.27. The molecular formula is C16H16N3O. The SMILES string of the molecule is CCCCOc1ccc2ccccc2c1-c1[c]nn[nH]1.